The largest absolute Gasteiger partial charge is 0.480 e. The minimum Gasteiger partial charge on any atom is -0.480 e. The molecule has 0 spiro atoms. The number of carboxylic acids is 1. The highest BCUT2D eigenvalue weighted by Crippen LogP contribution is 2.14. The Morgan fingerprint density at radius 1 is 1.32 bits per heavy atom. The summed E-state index contributed by atoms with van der Waals surface area (Å²) in [5.41, 5.74) is -1.42. The van der Waals surface area contributed by atoms with Gasteiger partial charge < -0.3 is 20.5 Å². The molecule has 0 aromatic carbocycles. The number of carbonyl (C=O) groups excluding carboxylic acids is 1. The van der Waals surface area contributed by atoms with E-state index in [4.69, 9.17) is 5.11 Å². The van der Waals surface area contributed by atoms with E-state index < -0.39 is 30.3 Å². The van der Waals surface area contributed by atoms with E-state index in [0.29, 0.717) is 0 Å². The normalized spacial score (nSPS) is 14.6. The first-order valence-electron chi connectivity index (χ1n) is 5.54. The molecule has 0 rings (SSSR count). The summed E-state index contributed by atoms with van der Waals surface area (Å²) in [4.78, 5) is 22.2. The highest BCUT2D eigenvalue weighted by Gasteiger charge is 2.32. The second kappa shape index (κ2) is 7.17. The van der Waals surface area contributed by atoms with Crippen LogP contribution in [0.15, 0.2) is 0 Å². The molecule has 0 saturated carbocycles. The standard InChI is InChI=1S/C10H17F3N2O4/c1-3-9(2,7(16)17)15-8(18)14-4-5-19-6-10(11,12)13/h3-6H2,1-2H3,(H,16,17)(H2,14,15,18). The molecule has 0 fully saturated rings. The molecule has 0 radical (unpaired) electrons. The van der Waals surface area contributed by atoms with Crippen molar-refractivity contribution < 1.29 is 32.6 Å². The zero-order chi connectivity index (χ0) is 15.1. The molecule has 0 aliphatic carbocycles. The number of hydrogen-bond donors (Lipinski definition) is 3. The predicted molar refractivity (Wildman–Crippen MR) is 59.7 cm³/mol. The van der Waals surface area contributed by atoms with E-state index >= 15 is 0 Å². The molecule has 6 nitrogen and oxygen atoms in total. The average molecular weight is 286 g/mol. The molecule has 0 aromatic rings. The Morgan fingerprint density at radius 3 is 2.32 bits per heavy atom. The van der Waals surface area contributed by atoms with Crippen LogP contribution in [-0.2, 0) is 9.53 Å². The van der Waals surface area contributed by atoms with Crippen molar-refractivity contribution in [3.63, 3.8) is 0 Å². The van der Waals surface area contributed by atoms with Crippen LogP contribution in [0, 0.1) is 0 Å². The summed E-state index contributed by atoms with van der Waals surface area (Å²) < 4.78 is 39.4. The Morgan fingerprint density at radius 2 is 1.89 bits per heavy atom. The second-order valence-electron chi connectivity index (χ2n) is 4.04. The number of nitrogens with one attached hydrogen (secondary N) is 2. The molecular formula is C10H17F3N2O4. The van der Waals surface area contributed by atoms with Crippen LogP contribution in [0.3, 0.4) is 0 Å². The van der Waals surface area contributed by atoms with Crippen LogP contribution in [-0.4, -0.2) is 48.6 Å². The van der Waals surface area contributed by atoms with E-state index in [9.17, 15) is 22.8 Å². The van der Waals surface area contributed by atoms with E-state index in [2.05, 4.69) is 15.4 Å². The Balaban J connectivity index is 3.91. The van der Waals surface area contributed by atoms with Gasteiger partial charge >= 0.3 is 18.2 Å². The Hall–Kier alpha value is -1.51. The molecule has 9 heteroatoms. The lowest BCUT2D eigenvalue weighted by molar-refractivity contribution is -0.173. The van der Waals surface area contributed by atoms with Crippen molar-refractivity contribution in [2.45, 2.75) is 32.0 Å². The molecule has 0 saturated heterocycles. The van der Waals surface area contributed by atoms with Gasteiger partial charge in [0.1, 0.15) is 12.1 Å². The van der Waals surface area contributed by atoms with Gasteiger partial charge in [-0.2, -0.15) is 13.2 Å². The molecule has 0 bridgehead atoms. The Bertz CT molecular complexity index is 322. The lowest BCUT2D eigenvalue weighted by Gasteiger charge is -2.24. The van der Waals surface area contributed by atoms with Gasteiger partial charge in [0.2, 0.25) is 0 Å². The van der Waals surface area contributed by atoms with Crippen LogP contribution in [0.1, 0.15) is 20.3 Å². The van der Waals surface area contributed by atoms with Crippen LogP contribution in [0.2, 0.25) is 0 Å². The molecule has 0 heterocycles. The monoisotopic (exact) mass is 286 g/mol. The van der Waals surface area contributed by atoms with Gasteiger partial charge in [0.25, 0.3) is 0 Å². The van der Waals surface area contributed by atoms with Crippen LogP contribution in [0.5, 0.6) is 0 Å². The number of carboxylic acid groups (broad SMARTS) is 1. The number of urea groups is 1. The zero-order valence-electron chi connectivity index (χ0n) is 10.6. The third kappa shape index (κ3) is 7.50. The fraction of sp³-hybridized carbons (Fsp3) is 0.800. The van der Waals surface area contributed by atoms with Crippen molar-refractivity contribution in [1.29, 1.82) is 0 Å². The molecular weight excluding hydrogens is 269 g/mol. The van der Waals surface area contributed by atoms with Gasteiger partial charge in [0.15, 0.2) is 0 Å². The lowest BCUT2D eigenvalue weighted by Crippen LogP contribution is -2.55. The van der Waals surface area contributed by atoms with Crippen molar-refractivity contribution in [3.8, 4) is 0 Å². The summed E-state index contributed by atoms with van der Waals surface area (Å²) in [6, 6.07) is -0.776. The van der Waals surface area contributed by atoms with Crippen LogP contribution in [0.4, 0.5) is 18.0 Å². The number of rotatable bonds is 7. The van der Waals surface area contributed by atoms with Crippen LogP contribution >= 0.6 is 0 Å². The van der Waals surface area contributed by atoms with Gasteiger partial charge in [-0.3, -0.25) is 0 Å². The number of carbonyl (C=O) groups is 2. The summed E-state index contributed by atoms with van der Waals surface area (Å²) >= 11 is 0. The number of ether oxygens (including phenoxy) is 1. The van der Waals surface area contributed by atoms with Crippen molar-refractivity contribution in [3.05, 3.63) is 0 Å². The van der Waals surface area contributed by atoms with Crippen LogP contribution < -0.4 is 10.6 Å². The number of halogens is 3. The molecule has 1 unspecified atom stereocenters. The van der Waals surface area contributed by atoms with Gasteiger partial charge in [0.05, 0.1) is 6.61 Å². The number of alkyl halides is 3. The quantitative estimate of drug-likeness (QED) is 0.612. The number of amides is 2. The zero-order valence-corrected chi connectivity index (χ0v) is 10.6. The fourth-order valence-electron chi connectivity index (χ4n) is 1.01. The number of hydrogen-bond acceptors (Lipinski definition) is 3. The topological polar surface area (TPSA) is 87.7 Å². The lowest BCUT2D eigenvalue weighted by atomic mass is 10.00. The Labute approximate surface area is 108 Å². The molecule has 3 N–H and O–H groups in total. The molecule has 1 atom stereocenters. The van der Waals surface area contributed by atoms with Crippen molar-refractivity contribution >= 4 is 12.0 Å². The van der Waals surface area contributed by atoms with Gasteiger partial charge in [-0.05, 0) is 13.3 Å². The summed E-state index contributed by atoms with van der Waals surface area (Å²) in [5.74, 6) is -1.20. The maximum absolute atomic E-state index is 11.7. The molecule has 0 aromatic heterocycles. The molecule has 0 aliphatic rings. The first kappa shape index (κ1) is 17.5. The third-order valence-corrected chi connectivity index (χ3v) is 2.37. The second-order valence-corrected chi connectivity index (χ2v) is 4.04. The minimum atomic E-state index is -4.41. The van der Waals surface area contributed by atoms with E-state index in [1.165, 1.54) is 6.92 Å². The van der Waals surface area contributed by atoms with Crippen molar-refractivity contribution in [2.75, 3.05) is 19.8 Å². The van der Waals surface area contributed by atoms with E-state index in [-0.39, 0.29) is 19.6 Å². The molecule has 19 heavy (non-hydrogen) atoms. The maximum atomic E-state index is 11.7. The van der Waals surface area contributed by atoms with Crippen molar-refractivity contribution in [2.24, 2.45) is 0 Å². The van der Waals surface area contributed by atoms with Gasteiger partial charge in [-0.25, -0.2) is 9.59 Å². The van der Waals surface area contributed by atoms with Crippen molar-refractivity contribution in [1.82, 2.24) is 10.6 Å². The first-order chi connectivity index (χ1) is 8.60. The van der Waals surface area contributed by atoms with Gasteiger partial charge in [-0.1, -0.05) is 6.92 Å². The van der Waals surface area contributed by atoms with Gasteiger partial charge in [0, 0.05) is 6.54 Å². The summed E-state index contributed by atoms with van der Waals surface area (Å²) in [6.07, 6.45) is -4.24. The SMILES string of the molecule is CCC(C)(NC(=O)NCCOCC(F)(F)F)C(=O)O. The smallest absolute Gasteiger partial charge is 0.411 e. The maximum Gasteiger partial charge on any atom is 0.411 e. The first-order valence-corrected chi connectivity index (χ1v) is 5.54. The highest BCUT2D eigenvalue weighted by atomic mass is 19.4. The molecule has 112 valence electrons. The average Bonchev–Trinajstić information content (AvgIpc) is 2.26. The molecule has 2 amide bonds. The minimum absolute atomic E-state index is 0.151. The number of aliphatic carboxylic acids is 1. The summed E-state index contributed by atoms with van der Waals surface area (Å²) in [6.45, 7) is 1.05. The fourth-order valence-corrected chi connectivity index (χ4v) is 1.01. The van der Waals surface area contributed by atoms with Gasteiger partial charge in [-0.15, -0.1) is 0 Å². The van der Waals surface area contributed by atoms with E-state index in [0.717, 1.165) is 0 Å². The molecule has 0 aliphatic heterocycles. The van der Waals surface area contributed by atoms with E-state index in [1.54, 1.807) is 6.92 Å². The highest BCUT2D eigenvalue weighted by molar-refractivity contribution is 5.85. The Kier molecular flexibility index (Phi) is 6.60. The van der Waals surface area contributed by atoms with Crippen LogP contribution in [0.25, 0.3) is 0 Å². The summed E-state index contributed by atoms with van der Waals surface area (Å²) in [5, 5.41) is 13.3. The third-order valence-electron chi connectivity index (χ3n) is 2.37. The summed E-state index contributed by atoms with van der Waals surface area (Å²) in [7, 11) is 0. The van der Waals surface area contributed by atoms with E-state index in [1.807, 2.05) is 0 Å². The predicted octanol–water partition coefficient (Wildman–Crippen LogP) is 1.12.